The maximum atomic E-state index is 13.7. The molecule has 182 valence electrons. The van der Waals surface area contributed by atoms with Crippen LogP contribution in [0.3, 0.4) is 0 Å². The minimum atomic E-state index is -0.657. The molecule has 2 amide bonds. The number of carbonyl (C=O) groups is 2. The largest absolute Gasteiger partial charge is 0.497 e. The van der Waals surface area contributed by atoms with E-state index in [4.69, 9.17) is 16.2 Å². The molecule has 0 saturated carbocycles. The van der Waals surface area contributed by atoms with Crippen molar-refractivity contribution in [1.82, 2.24) is 9.78 Å². The molecule has 5 N–H and O–H groups in total. The number of anilines is 2. The van der Waals surface area contributed by atoms with Crippen LogP contribution in [0, 0.1) is 6.92 Å². The fraction of sp³-hybridized carbons (Fsp3) is 0.269. The first-order valence-corrected chi connectivity index (χ1v) is 11.5. The number of allylic oxidation sites excluding steroid dienone is 1. The number of hydrogen-bond donors (Lipinski definition) is 3. The summed E-state index contributed by atoms with van der Waals surface area (Å²) in [5.41, 5.74) is 16.4. The van der Waals surface area contributed by atoms with Crippen molar-refractivity contribution in [3.8, 4) is 11.4 Å². The van der Waals surface area contributed by atoms with Gasteiger partial charge in [0.05, 0.1) is 12.8 Å². The number of nitrogens with one attached hydrogen (secondary N) is 1. The highest BCUT2D eigenvalue weighted by Gasteiger charge is 2.34. The number of aryl methyl sites for hydroxylation is 1. The third-order valence-corrected chi connectivity index (χ3v) is 6.08. The predicted molar refractivity (Wildman–Crippen MR) is 136 cm³/mol. The molecule has 0 atom stereocenters. The van der Waals surface area contributed by atoms with Gasteiger partial charge in [-0.2, -0.15) is 5.10 Å². The van der Waals surface area contributed by atoms with Gasteiger partial charge in [0.2, 0.25) is 0 Å². The van der Waals surface area contributed by atoms with Crippen molar-refractivity contribution in [3.05, 3.63) is 77.3 Å². The molecule has 9 heteroatoms. The quantitative estimate of drug-likeness (QED) is 0.437. The molecule has 0 saturated heterocycles. The lowest BCUT2D eigenvalue weighted by molar-refractivity contribution is 0.0972. The molecule has 0 bridgehead atoms. The van der Waals surface area contributed by atoms with Crippen molar-refractivity contribution in [3.63, 3.8) is 0 Å². The van der Waals surface area contributed by atoms with E-state index in [1.807, 2.05) is 25.1 Å². The van der Waals surface area contributed by atoms with Crippen molar-refractivity contribution in [2.75, 3.05) is 30.4 Å². The highest BCUT2D eigenvalue weighted by atomic mass is 16.5. The summed E-state index contributed by atoms with van der Waals surface area (Å²) in [5, 5.41) is 7.74. The molecule has 4 rings (SSSR count). The predicted octanol–water partition coefficient (Wildman–Crippen LogP) is 3.16. The van der Waals surface area contributed by atoms with Crippen molar-refractivity contribution >= 4 is 23.2 Å². The molecule has 0 unspecified atom stereocenters. The Bertz CT molecular complexity index is 1280. The molecule has 1 aromatic heterocycles. The first-order valence-electron chi connectivity index (χ1n) is 11.5. The summed E-state index contributed by atoms with van der Waals surface area (Å²) in [6, 6.07) is 12.9. The SMILES string of the molecule is C=C(CCCN)Nc1ccc(N2CCc3c(C(N)=O)nn(-c4ccc(OC)cc4)c3C2=O)cc1C. The number of rotatable bonds is 9. The normalized spacial score (nSPS) is 12.9. The van der Waals surface area contributed by atoms with Gasteiger partial charge in [-0.25, -0.2) is 4.68 Å². The third kappa shape index (κ3) is 4.76. The van der Waals surface area contributed by atoms with Crippen LogP contribution < -0.4 is 26.4 Å². The number of nitrogens with zero attached hydrogens (tertiary/aromatic N) is 3. The molecule has 0 spiro atoms. The zero-order valence-corrected chi connectivity index (χ0v) is 20.0. The van der Waals surface area contributed by atoms with Gasteiger partial charge in [0.1, 0.15) is 11.4 Å². The molecule has 9 nitrogen and oxygen atoms in total. The van der Waals surface area contributed by atoms with Crippen molar-refractivity contribution in [1.29, 1.82) is 0 Å². The maximum absolute atomic E-state index is 13.7. The van der Waals surface area contributed by atoms with Crippen LogP contribution in [-0.4, -0.2) is 41.8 Å². The smallest absolute Gasteiger partial charge is 0.277 e. The number of amides is 2. The van der Waals surface area contributed by atoms with Gasteiger partial charge in [-0.3, -0.25) is 9.59 Å². The highest BCUT2D eigenvalue weighted by Crippen LogP contribution is 2.31. The van der Waals surface area contributed by atoms with E-state index in [2.05, 4.69) is 17.0 Å². The molecular weight excluding hydrogens is 444 g/mol. The zero-order chi connectivity index (χ0) is 25.1. The van der Waals surface area contributed by atoms with Crippen LogP contribution in [0.4, 0.5) is 11.4 Å². The summed E-state index contributed by atoms with van der Waals surface area (Å²) in [7, 11) is 1.58. The van der Waals surface area contributed by atoms with E-state index in [0.717, 1.165) is 35.5 Å². The van der Waals surface area contributed by atoms with E-state index in [-0.39, 0.29) is 11.6 Å². The fourth-order valence-electron chi connectivity index (χ4n) is 4.24. The van der Waals surface area contributed by atoms with Crippen LogP contribution in [-0.2, 0) is 6.42 Å². The summed E-state index contributed by atoms with van der Waals surface area (Å²) in [6.45, 7) is 7.06. The van der Waals surface area contributed by atoms with Crippen molar-refractivity contribution < 1.29 is 14.3 Å². The number of ether oxygens (including phenoxy) is 1. The molecule has 2 heterocycles. The Morgan fingerprint density at radius 3 is 2.54 bits per heavy atom. The molecule has 0 fully saturated rings. The van der Waals surface area contributed by atoms with Gasteiger partial charge < -0.3 is 26.4 Å². The number of aromatic nitrogens is 2. The maximum Gasteiger partial charge on any atom is 0.277 e. The van der Waals surface area contributed by atoms with Crippen molar-refractivity contribution in [2.45, 2.75) is 26.2 Å². The average molecular weight is 475 g/mol. The molecule has 3 aromatic rings. The molecule has 1 aliphatic heterocycles. The number of hydrogen-bond acceptors (Lipinski definition) is 6. The Kier molecular flexibility index (Phi) is 6.88. The van der Waals surface area contributed by atoms with Gasteiger partial charge >= 0.3 is 0 Å². The zero-order valence-electron chi connectivity index (χ0n) is 20.0. The fourth-order valence-corrected chi connectivity index (χ4v) is 4.24. The Morgan fingerprint density at radius 1 is 1.20 bits per heavy atom. The lowest BCUT2D eigenvalue weighted by atomic mass is 10.0. The topological polar surface area (TPSA) is 128 Å². The van der Waals surface area contributed by atoms with E-state index in [9.17, 15) is 9.59 Å². The second-order valence-corrected chi connectivity index (χ2v) is 8.48. The van der Waals surface area contributed by atoms with Crippen LogP contribution in [0.25, 0.3) is 5.69 Å². The minimum Gasteiger partial charge on any atom is -0.497 e. The van der Waals surface area contributed by atoms with Gasteiger partial charge in [0, 0.05) is 29.2 Å². The second kappa shape index (κ2) is 10.0. The molecule has 1 aliphatic rings. The Labute approximate surface area is 204 Å². The molecule has 2 aromatic carbocycles. The van der Waals surface area contributed by atoms with Crippen LogP contribution in [0.1, 0.15) is 44.9 Å². The van der Waals surface area contributed by atoms with E-state index in [1.54, 1.807) is 36.3 Å². The van der Waals surface area contributed by atoms with Crippen LogP contribution in [0.5, 0.6) is 5.75 Å². The van der Waals surface area contributed by atoms with E-state index in [0.29, 0.717) is 42.2 Å². The summed E-state index contributed by atoms with van der Waals surface area (Å²) >= 11 is 0. The number of nitrogens with two attached hydrogens (primary N) is 2. The highest BCUT2D eigenvalue weighted by molar-refractivity contribution is 6.09. The second-order valence-electron chi connectivity index (χ2n) is 8.48. The van der Waals surface area contributed by atoms with Crippen LogP contribution >= 0.6 is 0 Å². The molecule has 0 radical (unpaired) electrons. The Hall–Kier alpha value is -4.11. The lowest BCUT2D eigenvalue weighted by Gasteiger charge is -2.28. The number of carbonyl (C=O) groups excluding carboxylic acids is 2. The van der Waals surface area contributed by atoms with Gasteiger partial charge in [-0.1, -0.05) is 6.58 Å². The third-order valence-electron chi connectivity index (χ3n) is 6.08. The molecular formula is C26H30N6O3. The van der Waals surface area contributed by atoms with Gasteiger partial charge in [0.15, 0.2) is 5.69 Å². The lowest BCUT2D eigenvalue weighted by Crippen LogP contribution is -2.39. The van der Waals surface area contributed by atoms with E-state index in [1.165, 1.54) is 4.68 Å². The van der Waals surface area contributed by atoms with Gasteiger partial charge in [-0.05, 0) is 80.8 Å². The standard InChI is InChI=1S/C26H30N6O3/c1-16-15-19(8-11-22(16)29-17(2)5-4-13-27)31-14-12-21-23(25(28)33)30-32(24(21)26(31)34)18-6-9-20(35-3)10-7-18/h6-11,15,29H,2,4-5,12-14,27H2,1,3H3,(H2,28,33). The number of primary amides is 1. The summed E-state index contributed by atoms with van der Waals surface area (Å²) in [5.74, 6) is -0.224. The Morgan fingerprint density at radius 2 is 1.91 bits per heavy atom. The molecule has 0 aliphatic carbocycles. The summed E-state index contributed by atoms with van der Waals surface area (Å²) in [6.07, 6.45) is 2.12. The monoisotopic (exact) mass is 474 g/mol. The first kappa shape index (κ1) is 24.0. The van der Waals surface area contributed by atoms with Gasteiger partial charge in [0.25, 0.3) is 11.8 Å². The van der Waals surface area contributed by atoms with Crippen LogP contribution in [0.15, 0.2) is 54.7 Å². The number of methoxy groups -OCH3 is 1. The minimum absolute atomic E-state index is 0.121. The average Bonchev–Trinajstić information content (AvgIpc) is 3.25. The van der Waals surface area contributed by atoms with E-state index >= 15 is 0 Å². The summed E-state index contributed by atoms with van der Waals surface area (Å²) < 4.78 is 6.72. The van der Waals surface area contributed by atoms with Crippen LogP contribution in [0.2, 0.25) is 0 Å². The van der Waals surface area contributed by atoms with E-state index < -0.39 is 5.91 Å². The first-order chi connectivity index (χ1) is 16.8. The number of fused-ring (bicyclic) bond motifs is 1. The van der Waals surface area contributed by atoms with Gasteiger partial charge in [-0.15, -0.1) is 0 Å². The number of benzene rings is 2. The molecule has 35 heavy (non-hydrogen) atoms. The summed E-state index contributed by atoms with van der Waals surface area (Å²) in [4.78, 5) is 27.5. The van der Waals surface area contributed by atoms with Crippen molar-refractivity contribution in [2.24, 2.45) is 11.5 Å². The Balaban J connectivity index is 1.67.